The zero-order valence-electron chi connectivity index (χ0n) is 14.9. The first kappa shape index (κ1) is 17.3. The number of ether oxygens (including phenoxy) is 1. The van der Waals surface area contributed by atoms with Crippen LogP contribution in [0.15, 0.2) is 48.5 Å². The molecule has 0 atom stereocenters. The molecule has 0 amide bonds. The van der Waals surface area contributed by atoms with Crippen molar-refractivity contribution in [1.29, 1.82) is 0 Å². The van der Waals surface area contributed by atoms with Crippen LogP contribution in [0.1, 0.15) is 63.0 Å². The average Bonchev–Trinajstić information content (AvgIpc) is 2.46. The molecule has 0 bridgehead atoms. The summed E-state index contributed by atoms with van der Waals surface area (Å²) >= 11 is 0. The average molecular weight is 310 g/mol. The van der Waals surface area contributed by atoms with Gasteiger partial charge in [-0.05, 0) is 34.6 Å². The van der Waals surface area contributed by atoms with E-state index in [4.69, 9.17) is 4.74 Å². The molecule has 0 aliphatic carbocycles. The van der Waals surface area contributed by atoms with E-state index in [2.05, 4.69) is 47.6 Å². The quantitative estimate of drug-likeness (QED) is 0.540. The summed E-state index contributed by atoms with van der Waals surface area (Å²) in [4.78, 5) is 12.4. The van der Waals surface area contributed by atoms with E-state index >= 15 is 0 Å². The van der Waals surface area contributed by atoms with Crippen molar-refractivity contribution < 1.29 is 9.53 Å². The summed E-state index contributed by atoms with van der Waals surface area (Å²) in [5, 5.41) is 0. The second-order valence-electron chi connectivity index (χ2n) is 7.97. The van der Waals surface area contributed by atoms with Gasteiger partial charge in [-0.15, -0.1) is 0 Å². The molecule has 23 heavy (non-hydrogen) atoms. The molecule has 2 heteroatoms. The van der Waals surface area contributed by atoms with Gasteiger partial charge in [0.25, 0.3) is 0 Å². The van der Waals surface area contributed by atoms with E-state index in [0.29, 0.717) is 11.3 Å². The second kappa shape index (κ2) is 6.19. The number of benzene rings is 2. The van der Waals surface area contributed by atoms with Crippen molar-refractivity contribution in [1.82, 2.24) is 0 Å². The lowest BCUT2D eigenvalue weighted by molar-refractivity contribution is 0.0732. The fourth-order valence-corrected chi connectivity index (χ4v) is 2.40. The molecule has 0 N–H and O–H groups in total. The molecule has 0 unspecified atom stereocenters. The maximum absolute atomic E-state index is 12.4. The van der Waals surface area contributed by atoms with E-state index in [1.165, 1.54) is 5.56 Å². The summed E-state index contributed by atoms with van der Waals surface area (Å²) in [5.41, 5.74) is 2.80. The minimum atomic E-state index is -0.320. The van der Waals surface area contributed by atoms with Gasteiger partial charge in [0.2, 0.25) is 0 Å². The molecule has 0 heterocycles. The molecule has 0 aliphatic heterocycles. The minimum Gasteiger partial charge on any atom is -0.423 e. The number of esters is 1. The summed E-state index contributed by atoms with van der Waals surface area (Å²) in [6, 6.07) is 15.2. The van der Waals surface area contributed by atoms with Crippen molar-refractivity contribution in [2.24, 2.45) is 0 Å². The van der Waals surface area contributed by atoms with Gasteiger partial charge in [-0.1, -0.05) is 71.9 Å². The van der Waals surface area contributed by atoms with E-state index in [1.807, 2.05) is 30.3 Å². The number of hydrogen-bond donors (Lipinski definition) is 0. The Morgan fingerprint density at radius 1 is 0.826 bits per heavy atom. The Morgan fingerprint density at radius 3 is 1.96 bits per heavy atom. The molecule has 0 spiro atoms. The Bertz CT molecular complexity index is 686. The van der Waals surface area contributed by atoms with Crippen LogP contribution < -0.4 is 4.74 Å². The summed E-state index contributed by atoms with van der Waals surface area (Å²) < 4.78 is 5.69. The highest BCUT2D eigenvalue weighted by Gasteiger charge is 2.24. The first-order chi connectivity index (χ1) is 10.6. The summed E-state index contributed by atoms with van der Waals surface area (Å²) in [5.74, 6) is 0.318. The molecule has 2 aromatic rings. The third kappa shape index (κ3) is 4.22. The van der Waals surface area contributed by atoms with Gasteiger partial charge >= 0.3 is 5.97 Å². The highest BCUT2D eigenvalue weighted by Crippen LogP contribution is 2.35. The van der Waals surface area contributed by atoms with Crippen LogP contribution in [0.4, 0.5) is 0 Å². The smallest absolute Gasteiger partial charge is 0.343 e. The summed E-state index contributed by atoms with van der Waals surface area (Å²) in [6.07, 6.45) is 0. The van der Waals surface area contributed by atoms with Gasteiger partial charge in [0.05, 0.1) is 5.56 Å². The van der Waals surface area contributed by atoms with E-state index in [0.717, 1.165) is 5.56 Å². The Labute approximate surface area is 139 Å². The van der Waals surface area contributed by atoms with Crippen LogP contribution in [0.3, 0.4) is 0 Å². The maximum atomic E-state index is 12.4. The van der Waals surface area contributed by atoms with Gasteiger partial charge in [-0.3, -0.25) is 0 Å². The molecule has 0 saturated carbocycles. The molecule has 122 valence electrons. The first-order valence-corrected chi connectivity index (χ1v) is 8.01. The first-order valence-electron chi connectivity index (χ1n) is 8.01. The van der Waals surface area contributed by atoms with E-state index in [-0.39, 0.29) is 16.8 Å². The highest BCUT2D eigenvalue weighted by molar-refractivity contribution is 5.91. The van der Waals surface area contributed by atoms with Gasteiger partial charge in [0.15, 0.2) is 0 Å². The molecule has 0 radical (unpaired) electrons. The molecular formula is C21H26O2. The van der Waals surface area contributed by atoms with Gasteiger partial charge in [0, 0.05) is 5.56 Å². The number of rotatable bonds is 2. The predicted molar refractivity (Wildman–Crippen MR) is 95.2 cm³/mol. The van der Waals surface area contributed by atoms with Crippen molar-refractivity contribution in [2.75, 3.05) is 0 Å². The van der Waals surface area contributed by atoms with Crippen LogP contribution >= 0.6 is 0 Å². The van der Waals surface area contributed by atoms with Crippen molar-refractivity contribution in [3.8, 4) is 5.75 Å². The Kier molecular flexibility index (Phi) is 4.65. The van der Waals surface area contributed by atoms with Crippen LogP contribution in [0.5, 0.6) is 5.75 Å². The van der Waals surface area contributed by atoms with E-state index in [9.17, 15) is 4.79 Å². The molecule has 2 rings (SSSR count). The molecule has 2 nitrogen and oxygen atoms in total. The molecular weight excluding hydrogens is 284 g/mol. The lowest BCUT2D eigenvalue weighted by atomic mass is 9.80. The fraction of sp³-hybridized carbons (Fsp3) is 0.381. The molecule has 0 aromatic heterocycles. The van der Waals surface area contributed by atoms with Gasteiger partial charge < -0.3 is 4.74 Å². The van der Waals surface area contributed by atoms with Gasteiger partial charge in [-0.2, -0.15) is 0 Å². The Balaban J connectivity index is 2.40. The zero-order chi connectivity index (χ0) is 17.3. The van der Waals surface area contributed by atoms with E-state index in [1.54, 1.807) is 12.1 Å². The van der Waals surface area contributed by atoms with Crippen LogP contribution in [0.2, 0.25) is 0 Å². The molecule has 0 aliphatic rings. The largest absolute Gasteiger partial charge is 0.423 e. The number of hydrogen-bond acceptors (Lipinski definition) is 2. The number of carbonyl (C=O) groups excluding carboxylic acids is 1. The topological polar surface area (TPSA) is 26.3 Å². The third-order valence-corrected chi connectivity index (χ3v) is 3.87. The van der Waals surface area contributed by atoms with Crippen LogP contribution in [0.25, 0.3) is 0 Å². The van der Waals surface area contributed by atoms with Crippen LogP contribution in [0, 0.1) is 0 Å². The summed E-state index contributed by atoms with van der Waals surface area (Å²) in [7, 11) is 0. The zero-order valence-corrected chi connectivity index (χ0v) is 14.9. The monoisotopic (exact) mass is 310 g/mol. The Morgan fingerprint density at radius 2 is 1.43 bits per heavy atom. The predicted octanol–water partition coefficient (Wildman–Crippen LogP) is 5.50. The van der Waals surface area contributed by atoms with Gasteiger partial charge in [-0.25, -0.2) is 4.79 Å². The fourth-order valence-electron chi connectivity index (χ4n) is 2.40. The van der Waals surface area contributed by atoms with Crippen molar-refractivity contribution in [3.05, 3.63) is 65.2 Å². The molecule has 0 fully saturated rings. The van der Waals surface area contributed by atoms with Crippen molar-refractivity contribution in [3.63, 3.8) is 0 Å². The number of carbonyl (C=O) groups is 1. The van der Waals surface area contributed by atoms with Gasteiger partial charge in [0.1, 0.15) is 5.75 Å². The normalized spacial score (nSPS) is 12.1. The second-order valence-corrected chi connectivity index (χ2v) is 7.97. The third-order valence-electron chi connectivity index (χ3n) is 3.87. The Hall–Kier alpha value is -2.09. The minimum absolute atomic E-state index is 0.0575. The molecule has 2 aromatic carbocycles. The standard InChI is InChI=1S/C21H26O2/c1-20(2,3)16-12-13-18(17(14-16)21(4,5)6)23-19(22)15-10-8-7-9-11-15/h7-14H,1-6H3. The van der Waals surface area contributed by atoms with Crippen molar-refractivity contribution >= 4 is 5.97 Å². The lowest BCUT2D eigenvalue weighted by Gasteiger charge is -2.26. The lowest BCUT2D eigenvalue weighted by Crippen LogP contribution is -2.19. The van der Waals surface area contributed by atoms with Crippen molar-refractivity contribution in [2.45, 2.75) is 52.4 Å². The van der Waals surface area contributed by atoms with E-state index < -0.39 is 0 Å². The SMILES string of the molecule is CC(C)(C)c1ccc(OC(=O)c2ccccc2)c(C(C)(C)C)c1. The molecule has 0 saturated heterocycles. The van der Waals surface area contributed by atoms with Crippen LogP contribution in [-0.4, -0.2) is 5.97 Å². The maximum Gasteiger partial charge on any atom is 0.343 e. The highest BCUT2D eigenvalue weighted by atomic mass is 16.5. The van der Waals surface area contributed by atoms with Crippen LogP contribution in [-0.2, 0) is 10.8 Å². The summed E-state index contributed by atoms with van der Waals surface area (Å²) in [6.45, 7) is 13.0.